The van der Waals surface area contributed by atoms with Crippen LogP contribution in [0.1, 0.15) is 40.0 Å². The fourth-order valence-electron chi connectivity index (χ4n) is 1.96. The van der Waals surface area contributed by atoms with E-state index >= 15 is 0 Å². The normalized spacial score (nSPS) is 12.2. The van der Waals surface area contributed by atoms with E-state index in [2.05, 4.69) is 0 Å². The molecule has 120 valence electrons. The minimum absolute atomic E-state index is 0.0318. The molecule has 0 rings (SSSR count). The number of allylic oxidation sites excluding steroid dienone is 1. The monoisotopic (exact) mass is 298 g/mol. The van der Waals surface area contributed by atoms with Crippen LogP contribution in [0.5, 0.6) is 0 Å². The van der Waals surface area contributed by atoms with E-state index < -0.39 is 12.0 Å². The zero-order valence-corrected chi connectivity index (χ0v) is 13.3. The molecule has 6 heteroatoms. The second-order valence-electron chi connectivity index (χ2n) is 4.83. The van der Waals surface area contributed by atoms with Crippen molar-refractivity contribution in [1.82, 2.24) is 9.80 Å². The largest absolute Gasteiger partial charge is 0.480 e. The molecule has 0 aromatic carbocycles. The first-order valence-electron chi connectivity index (χ1n) is 7.26. The summed E-state index contributed by atoms with van der Waals surface area (Å²) in [5, 5.41) is 9.10. The van der Waals surface area contributed by atoms with E-state index in [1.807, 2.05) is 13.8 Å². The zero-order valence-electron chi connectivity index (χ0n) is 13.3. The molecule has 2 amide bonds. The van der Waals surface area contributed by atoms with Crippen molar-refractivity contribution >= 4 is 17.8 Å². The molecule has 1 atom stereocenters. The van der Waals surface area contributed by atoms with E-state index in [0.29, 0.717) is 32.4 Å². The van der Waals surface area contributed by atoms with E-state index in [1.54, 1.807) is 11.0 Å². The van der Waals surface area contributed by atoms with Gasteiger partial charge in [0.1, 0.15) is 6.04 Å². The average molecular weight is 298 g/mol. The van der Waals surface area contributed by atoms with Crippen molar-refractivity contribution in [2.45, 2.75) is 46.1 Å². The van der Waals surface area contributed by atoms with Gasteiger partial charge in [-0.2, -0.15) is 0 Å². The van der Waals surface area contributed by atoms with Gasteiger partial charge in [0.15, 0.2) is 0 Å². The van der Waals surface area contributed by atoms with Crippen LogP contribution in [0.15, 0.2) is 12.2 Å². The number of unbranched alkanes of at least 4 members (excludes halogenated alkanes) is 1. The Kier molecular flexibility index (Phi) is 9.08. The summed E-state index contributed by atoms with van der Waals surface area (Å²) in [6, 6.07) is -0.811. The Balaban J connectivity index is 4.26. The van der Waals surface area contributed by atoms with Crippen molar-refractivity contribution in [3.63, 3.8) is 0 Å². The van der Waals surface area contributed by atoms with Crippen LogP contribution in [-0.4, -0.2) is 58.9 Å². The summed E-state index contributed by atoms with van der Waals surface area (Å²) in [5.41, 5.74) is 0. The minimum Gasteiger partial charge on any atom is -0.480 e. The summed E-state index contributed by atoms with van der Waals surface area (Å²) in [6.45, 7) is 6.53. The Morgan fingerprint density at radius 1 is 1.19 bits per heavy atom. The van der Waals surface area contributed by atoms with Gasteiger partial charge in [-0.1, -0.05) is 6.08 Å². The third-order valence-electron chi connectivity index (χ3n) is 3.43. The summed E-state index contributed by atoms with van der Waals surface area (Å²) >= 11 is 0. The van der Waals surface area contributed by atoms with Crippen molar-refractivity contribution < 1.29 is 19.5 Å². The Morgan fingerprint density at radius 3 is 2.19 bits per heavy atom. The zero-order chi connectivity index (χ0) is 16.4. The van der Waals surface area contributed by atoms with Gasteiger partial charge in [0.05, 0.1) is 0 Å². The van der Waals surface area contributed by atoms with Crippen LogP contribution in [0.4, 0.5) is 0 Å². The summed E-state index contributed by atoms with van der Waals surface area (Å²) < 4.78 is 0. The number of likely N-dealkylation sites (N-methyl/N-ethyl adjacent to an activating group) is 2. The molecule has 0 saturated heterocycles. The second-order valence-corrected chi connectivity index (χ2v) is 4.83. The number of amides is 2. The molecule has 1 N–H and O–H groups in total. The summed E-state index contributed by atoms with van der Waals surface area (Å²) in [5.74, 6) is -1.30. The molecule has 0 aromatic rings. The Hall–Kier alpha value is -1.85. The number of carboxylic acids is 1. The highest BCUT2D eigenvalue weighted by molar-refractivity contribution is 5.87. The molecule has 0 aliphatic rings. The van der Waals surface area contributed by atoms with E-state index in [0.717, 1.165) is 0 Å². The fourth-order valence-corrected chi connectivity index (χ4v) is 1.96. The van der Waals surface area contributed by atoms with Gasteiger partial charge in [-0.25, -0.2) is 4.79 Å². The molecular formula is C15H26N2O4. The minimum atomic E-state index is -1.00. The summed E-state index contributed by atoms with van der Waals surface area (Å²) in [4.78, 5) is 37.0. The summed E-state index contributed by atoms with van der Waals surface area (Å²) in [7, 11) is 1.49. The van der Waals surface area contributed by atoms with Gasteiger partial charge >= 0.3 is 5.97 Å². The third-order valence-corrected chi connectivity index (χ3v) is 3.43. The number of carbonyl (C=O) groups is 3. The molecule has 0 spiro atoms. The average Bonchev–Trinajstić information content (AvgIpc) is 2.42. The molecule has 0 fully saturated rings. The predicted molar refractivity (Wildman–Crippen MR) is 80.8 cm³/mol. The third kappa shape index (κ3) is 6.92. The molecule has 1 unspecified atom stereocenters. The first-order valence-corrected chi connectivity index (χ1v) is 7.26. The van der Waals surface area contributed by atoms with Gasteiger partial charge in [-0.15, -0.1) is 0 Å². The lowest BCUT2D eigenvalue weighted by Crippen LogP contribution is -2.41. The molecule has 0 aliphatic heterocycles. The molecular weight excluding hydrogens is 272 g/mol. The number of carbonyl (C=O) groups excluding carboxylic acids is 2. The van der Waals surface area contributed by atoms with Crippen molar-refractivity contribution in [3.05, 3.63) is 12.2 Å². The maximum absolute atomic E-state index is 11.7. The van der Waals surface area contributed by atoms with Crippen LogP contribution in [-0.2, 0) is 14.4 Å². The van der Waals surface area contributed by atoms with E-state index in [9.17, 15) is 14.4 Å². The highest BCUT2D eigenvalue weighted by Crippen LogP contribution is 2.09. The lowest BCUT2D eigenvalue weighted by atomic mass is 10.1. The SMILES string of the molecule is CCN(CC)C(=O)/C=C\CCCC(C(=O)O)N(C)C(C)=O. The lowest BCUT2D eigenvalue weighted by molar-refractivity contribution is -0.148. The quantitative estimate of drug-likeness (QED) is 0.517. The van der Waals surface area contributed by atoms with Crippen molar-refractivity contribution in [1.29, 1.82) is 0 Å². The number of hydrogen-bond acceptors (Lipinski definition) is 3. The van der Waals surface area contributed by atoms with Crippen LogP contribution in [0.25, 0.3) is 0 Å². The number of hydrogen-bond donors (Lipinski definition) is 1. The van der Waals surface area contributed by atoms with Crippen LogP contribution >= 0.6 is 0 Å². The molecule has 21 heavy (non-hydrogen) atoms. The topological polar surface area (TPSA) is 77.9 Å². The lowest BCUT2D eigenvalue weighted by Gasteiger charge is -2.23. The standard InChI is InChI=1S/C15H26N2O4/c1-5-17(6-2)14(19)11-9-7-8-10-13(15(20)21)16(4)12(3)18/h9,11,13H,5-8,10H2,1-4H3,(H,20,21)/b11-9-. The van der Waals surface area contributed by atoms with Crippen molar-refractivity contribution in [2.75, 3.05) is 20.1 Å². The smallest absolute Gasteiger partial charge is 0.326 e. The molecule has 6 nitrogen and oxygen atoms in total. The molecule has 0 heterocycles. The Bertz CT molecular complexity index is 389. The molecule has 0 radical (unpaired) electrons. The van der Waals surface area contributed by atoms with Gasteiger partial charge in [-0.05, 0) is 39.2 Å². The van der Waals surface area contributed by atoms with Gasteiger partial charge in [0.2, 0.25) is 11.8 Å². The fraction of sp³-hybridized carbons (Fsp3) is 0.667. The van der Waals surface area contributed by atoms with Crippen LogP contribution < -0.4 is 0 Å². The van der Waals surface area contributed by atoms with E-state index in [-0.39, 0.29) is 11.8 Å². The van der Waals surface area contributed by atoms with Crippen molar-refractivity contribution in [3.8, 4) is 0 Å². The van der Waals surface area contributed by atoms with Crippen LogP contribution in [0.2, 0.25) is 0 Å². The first kappa shape index (κ1) is 19.1. The van der Waals surface area contributed by atoms with Gasteiger partial charge < -0.3 is 14.9 Å². The van der Waals surface area contributed by atoms with E-state index in [4.69, 9.17) is 5.11 Å². The van der Waals surface area contributed by atoms with E-state index in [1.165, 1.54) is 24.9 Å². The maximum atomic E-state index is 11.7. The number of nitrogens with zero attached hydrogens (tertiary/aromatic N) is 2. The molecule has 0 aliphatic carbocycles. The number of carboxylic acid groups (broad SMARTS) is 1. The highest BCUT2D eigenvalue weighted by Gasteiger charge is 2.23. The molecule has 0 aromatic heterocycles. The summed E-state index contributed by atoms with van der Waals surface area (Å²) in [6.07, 6.45) is 4.87. The van der Waals surface area contributed by atoms with Crippen LogP contribution in [0.3, 0.4) is 0 Å². The molecule has 0 bridgehead atoms. The molecule has 0 saturated carbocycles. The van der Waals surface area contributed by atoms with Gasteiger partial charge in [0.25, 0.3) is 0 Å². The highest BCUT2D eigenvalue weighted by atomic mass is 16.4. The Morgan fingerprint density at radius 2 is 1.76 bits per heavy atom. The van der Waals surface area contributed by atoms with Crippen molar-refractivity contribution in [2.24, 2.45) is 0 Å². The number of rotatable bonds is 9. The second kappa shape index (κ2) is 9.96. The van der Waals surface area contributed by atoms with Crippen LogP contribution in [0, 0.1) is 0 Å². The predicted octanol–water partition coefficient (Wildman–Crippen LogP) is 1.51. The van der Waals surface area contributed by atoms with Gasteiger partial charge in [0, 0.05) is 27.1 Å². The maximum Gasteiger partial charge on any atom is 0.326 e. The first-order chi connectivity index (χ1) is 9.84. The Labute approximate surface area is 126 Å². The van der Waals surface area contributed by atoms with Gasteiger partial charge in [-0.3, -0.25) is 9.59 Å². The number of aliphatic carboxylic acids is 1.